The molecule has 0 bridgehead atoms. The number of hydrogen-bond acceptors (Lipinski definition) is 3. The molecule has 0 atom stereocenters. The summed E-state index contributed by atoms with van der Waals surface area (Å²) < 4.78 is 1.79. The Balaban J connectivity index is 1.98. The fourth-order valence-corrected chi connectivity index (χ4v) is 3.81. The van der Waals surface area contributed by atoms with Gasteiger partial charge >= 0.3 is 0 Å². The molecule has 4 heteroatoms. The number of rotatable bonds is 2. The Kier molecular flexibility index (Phi) is 4.62. The summed E-state index contributed by atoms with van der Waals surface area (Å²) in [5.74, 6) is 6.26. The molecule has 0 aliphatic heterocycles. The van der Waals surface area contributed by atoms with E-state index in [1.807, 2.05) is 60.8 Å². The highest BCUT2D eigenvalue weighted by molar-refractivity contribution is 7.10. The standard InChI is InChI=1S/C23H18N2OS/c1-3-19-14-18-9-7-8-17(12-13-21-24-16(2)15-27-21)22(18)23(26)25(19)20-10-5-4-6-11-20/h4-11,14-15H,3H2,1-2H3. The van der Waals surface area contributed by atoms with Crippen LogP contribution in [0.25, 0.3) is 16.5 Å². The molecule has 0 saturated heterocycles. The van der Waals surface area contributed by atoms with Crippen molar-refractivity contribution in [2.24, 2.45) is 0 Å². The van der Waals surface area contributed by atoms with Crippen LogP contribution in [0.15, 0.2) is 64.8 Å². The lowest BCUT2D eigenvalue weighted by Gasteiger charge is -2.14. The molecule has 27 heavy (non-hydrogen) atoms. The van der Waals surface area contributed by atoms with Crippen molar-refractivity contribution in [1.82, 2.24) is 9.55 Å². The van der Waals surface area contributed by atoms with Crippen molar-refractivity contribution in [2.45, 2.75) is 20.3 Å². The van der Waals surface area contributed by atoms with Crippen molar-refractivity contribution in [3.05, 3.63) is 92.3 Å². The molecule has 132 valence electrons. The topological polar surface area (TPSA) is 34.9 Å². The molecule has 4 rings (SSSR count). The maximum Gasteiger partial charge on any atom is 0.264 e. The van der Waals surface area contributed by atoms with E-state index in [0.29, 0.717) is 5.39 Å². The van der Waals surface area contributed by atoms with Crippen LogP contribution in [0.2, 0.25) is 0 Å². The average molecular weight is 370 g/mol. The Morgan fingerprint density at radius 2 is 1.89 bits per heavy atom. The van der Waals surface area contributed by atoms with Crippen LogP contribution in [0, 0.1) is 18.8 Å². The summed E-state index contributed by atoms with van der Waals surface area (Å²) >= 11 is 1.52. The van der Waals surface area contributed by atoms with Gasteiger partial charge in [-0.15, -0.1) is 11.3 Å². The highest BCUT2D eigenvalue weighted by atomic mass is 32.1. The number of benzene rings is 2. The number of aromatic nitrogens is 2. The number of para-hydroxylation sites is 1. The summed E-state index contributed by atoms with van der Waals surface area (Å²) in [6.07, 6.45) is 0.772. The average Bonchev–Trinajstić information content (AvgIpc) is 3.11. The second kappa shape index (κ2) is 7.22. The zero-order chi connectivity index (χ0) is 18.8. The quantitative estimate of drug-likeness (QED) is 0.479. The molecule has 0 fully saturated rings. The third-order valence-corrected chi connectivity index (χ3v) is 5.30. The minimum absolute atomic E-state index is 0.0317. The molecule has 2 aromatic carbocycles. The fourth-order valence-electron chi connectivity index (χ4n) is 3.17. The number of nitrogens with zero attached hydrogens (tertiary/aromatic N) is 2. The van der Waals surface area contributed by atoms with Crippen LogP contribution in [-0.2, 0) is 6.42 Å². The Hall–Kier alpha value is -3.16. The number of fused-ring (bicyclic) bond motifs is 1. The molecule has 4 aromatic rings. The Labute approximate surface area is 162 Å². The van der Waals surface area contributed by atoms with E-state index in [0.717, 1.165) is 39.5 Å². The van der Waals surface area contributed by atoms with Gasteiger partial charge in [0.1, 0.15) is 0 Å². The smallest absolute Gasteiger partial charge is 0.264 e. The number of thiazole rings is 1. The van der Waals surface area contributed by atoms with Crippen LogP contribution < -0.4 is 5.56 Å². The molecule has 0 unspecified atom stereocenters. The first-order valence-corrected chi connectivity index (χ1v) is 9.72. The largest absolute Gasteiger partial charge is 0.281 e. The molecule has 0 spiro atoms. The Morgan fingerprint density at radius 1 is 1.07 bits per heavy atom. The van der Waals surface area contributed by atoms with E-state index >= 15 is 0 Å². The van der Waals surface area contributed by atoms with E-state index in [9.17, 15) is 4.79 Å². The summed E-state index contributed by atoms with van der Waals surface area (Å²) in [6.45, 7) is 4.01. The monoisotopic (exact) mass is 370 g/mol. The van der Waals surface area contributed by atoms with Crippen molar-refractivity contribution < 1.29 is 0 Å². The molecule has 0 saturated carbocycles. The van der Waals surface area contributed by atoms with Crippen LogP contribution >= 0.6 is 11.3 Å². The molecule has 3 nitrogen and oxygen atoms in total. The summed E-state index contributed by atoms with van der Waals surface area (Å²) in [4.78, 5) is 17.8. The first kappa shape index (κ1) is 17.3. The zero-order valence-electron chi connectivity index (χ0n) is 15.2. The van der Waals surface area contributed by atoms with Gasteiger partial charge < -0.3 is 0 Å². The number of aryl methyl sites for hydroxylation is 2. The first-order valence-electron chi connectivity index (χ1n) is 8.84. The SMILES string of the molecule is CCc1cc2cccc(C#Cc3nc(C)cs3)c2c(=O)n1-c1ccccc1. The van der Waals surface area contributed by atoms with Gasteiger partial charge in [0, 0.05) is 28.0 Å². The van der Waals surface area contributed by atoms with Gasteiger partial charge in [-0.25, -0.2) is 4.98 Å². The predicted octanol–water partition coefficient (Wildman–Crippen LogP) is 4.72. The molecule has 0 amide bonds. The van der Waals surface area contributed by atoms with Crippen molar-refractivity contribution in [3.8, 4) is 17.5 Å². The van der Waals surface area contributed by atoms with E-state index in [4.69, 9.17) is 0 Å². The lowest BCUT2D eigenvalue weighted by Crippen LogP contribution is -2.22. The van der Waals surface area contributed by atoms with Gasteiger partial charge in [0.2, 0.25) is 0 Å². The second-order valence-electron chi connectivity index (χ2n) is 6.28. The van der Waals surface area contributed by atoms with E-state index in [2.05, 4.69) is 29.8 Å². The lowest BCUT2D eigenvalue weighted by molar-refractivity contribution is 0.889. The summed E-state index contributed by atoms with van der Waals surface area (Å²) in [6, 6.07) is 17.7. The molecule has 0 N–H and O–H groups in total. The fraction of sp³-hybridized carbons (Fsp3) is 0.130. The highest BCUT2D eigenvalue weighted by Crippen LogP contribution is 2.19. The molecule has 2 heterocycles. The molecule has 0 aliphatic carbocycles. The maximum absolute atomic E-state index is 13.4. The number of pyridine rings is 1. The summed E-state index contributed by atoms with van der Waals surface area (Å²) in [5, 5.41) is 4.31. The second-order valence-corrected chi connectivity index (χ2v) is 7.14. The van der Waals surface area contributed by atoms with Gasteiger partial charge in [0.05, 0.1) is 5.39 Å². The maximum atomic E-state index is 13.4. The van der Waals surface area contributed by atoms with Crippen LogP contribution in [0.1, 0.15) is 28.9 Å². The Bertz CT molecular complexity index is 1240. The van der Waals surface area contributed by atoms with Crippen LogP contribution in [0.3, 0.4) is 0 Å². The predicted molar refractivity (Wildman–Crippen MR) is 112 cm³/mol. The molecular weight excluding hydrogens is 352 g/mol. The van der Waals surface area contributed by atoms with Crippen molar-refractivity contribution >= 4 is 22.1 Å². The normalized spacial score (nSPS) is 10.6. The Morgan fingerprint density at radius 3 is 2.59 bits per heavy atom. The van der Waals surface area contributed by atoms with Crippen molar-refractivity contribution in [2.75, 3.05) is 0 Å². The third kappa shape index (κ3) is 3.30. The summed E-state index contributed by atoms with van der Waals surface area (Å²) in [5.41, 5.74) is 3.52. The highest BCUT2D eigenvalue weighted by Gasteiger charge is 2.12. The van der Waals surface area contributed by atoms with Gasteiger partial charge in [0.25, 0.3) is 5.56 Å². The van der Waals surface area contributed by atoms with Crippen molar-refractivity contribution in [1.29, 1.82) is 0 Å². The lowest BCUT2D eigenvalue weighted by atomic mass is 10.0. The van der Waals surface area contributed by atoms with E-state index in [-0.39, 0.29) is 5.56 Å². The molecular formula is C23H18N2OS. The minimum atomic E-state index is -0.0317. The van der Waals surface area contributed by atoms with Gasteiger partial charge in [-0.3, -0.25) is 9.36 Å². The van der Waals surface area contributed by atoms with Gasteiger partial charge in [-0.2, -0.15) is 0 Å². The van der Waals surface area contributed by atoms with Crippen molar-refractivity contribution in [3.63, 3.8) is 0 Å². The van der Waals surface area contributed by atoms with Crippen LogP contribution in [-0.4, -0.2) is 9.55 Å². The van der Waals surface area contributed by atoms with Crippen LogP contribution in [0.4, 0.5) is 0 Å². The van der Waals surface area contributed by atoms with E-state index in [1.165, 1.54) is 11.3 Å². The molecule has 0 radical (unpaired) electrons. The molecule has 0 aliphatic rings. The van der Waals surface area contributed by atoms with E-state index in [1.54, 1.807) is 4.57 Å². The molecule has 2 aromatic heterocycles. The zero-order valence-corrected chi connectivity index (χ0v) is 16.0. The van der Waals surface area contributed by atoms with Crippen LogP contribution in [0.5, 0.6) is 0 Å². The minimum Gasteiger partial charge on any atom is -0.281 e. The van der Waals surface area contributed by atoms with Gasteiger partial charge in [-0.05, 0) is 48.9 Å². The van der Waals surface area contributed by atoms with Gasteiger partial charge in [-0.1, -0.05) is 43.2 Å². The first-order chi connectivity index (χ1) is 13.2. The summed E-state index contributed by atoms with van der Waals surface area (Å²) in [7, 11) is 0. The number of hydrogen-bond donors (Lipinski definition) is 0. The third-order valence-electron chi connectivity index (χ3n) is 4.42. The van der Waals surface area contributed by atoms with Gasteiger partial charge in [0.15, 0.2) is 5.01 Å². The van der Waals surface area contributed by atoms with E-state index < -0.39 is 0 Å².